The van der Waals surface area contributed by atoms with E-state index in [1.165, 1.54) is 6.20 Å². The Balaban J connectivity index is 2.35. The fourth-order valence-electron chi connectivity index (χ4n) is 1.71. The molecule has 3 N–H and O–H groups in total. The highest BCUT2D eigenvalue weighted by Gasteiger charge is 2.09. The van der Waals surface area contributed by atoms with Gasteiger partial charge in [0, 0.05) is 18.9 Å². The Morgan fingerprint density at radius 2 is 2.00 bits per heavy atom. The Bertz CT molecular complexity index is 611. The van der Waals surface area contributed by atoms with Crippen molar-refractivity contribution in [3.05, 3.63) is 47.7 Å². The Morgan fingerprint density at radius 3 is 2.63 bits per heavy atom. The topological polar surface area (TPSA) is 74.2 Å². The monoisotopic (exact) mass is 257 g/mol. The van der Waals surface area contributed by atoms with Crippen molar-refractivity contribution in [3.63, 3.8) is 0 Å². The molecule has 1 heterocycles. The van der Waals surface area contributed by atoms with Crippen LogP contribution in [0.25, 0.3) is 0 Å². The van der Waals surface area contributed by atoms with Crippen molar-refractivity contribution < 1.29 is 9.90 Å². The van der Waals surface area contributed by atoms with Gasteiger partial charge in [0.15, 0.2) is 5.82 Å². The number of nitrogens with one attached hydrogen (secondary N) is 2. The van der Waals surface area contributed by atoms with Crippen molar-refractivity contribution in [2.24, 2.45) is 0 Å². The van der Waals surface area contributed by atoms with E-state index in [2.05, 4.69) is 15.6 Å². The molecule has 1 aromatic carbocycles. The number of benzene rings is 1. The van der Waals surface area contributed by atoms with Crippen LogP contribution >= 0.6 is 0 Å². The van der Waals surface area contributed by atoms with Crippen LogP contribution in [-0.4, -0.2) is 23.1 Å². The zero-order chi connectivity index (χ0) is 13.8. The lowest BCUT2D eigenvalue weighted by atomic mass is 10.2. The van der Waals surface area contributed by atoms with Gasteiger partial charge in [0.25, 0.3) is 0 Å². The van der Waals surface area contributed by atoms with Crippen LogP contribution in [0.2, 0.25) is 0 Å². The van der Waals surface area contributed by atoms with Gasteiger partial charge in [0.05, 0.1) is 11.3 Å². The standard InChI is InChI=1S/C14H15N3O2/c1-9-5-3-4-6-11(9)17-13-12(15-2)7-10(8-16-13)14(18)19/h3-8,15H,1-2H3,(H,16,17)(H,18,19). The maximum absolute atomic E-state index is 10.9. The highest BCUT2D eigenvalue weighted by molar-refractivity contribution is 5.90. The average Bonchev–Trinajstić information content (AvgIpc) is 2.41. The van der Waals surface area contributed by atoms with E-state index in [4.69, 9.17) is 5.11 Å². The number of hydrogen-bond acceptors (Lipinski definition) is 4. The number of aryl methyl sites for hydroxylation is 1. The van der Waals surface area contributed by atoms with Crippen LogP contribution in [0.15, 0.2) is 36.5 Å². The molecule has 5 nitrogen and oxygen atoms in total. The zero-order valence-corrected chi connectivity index (χ0v) is 10.8. The van der Waals surface area contributed by atoms with Gasteiger partial charge in [0.2, 0.25) is 0 Å². The summed E-state index contributed by atoms with van der Waals surface area (Å²) in [5.74, 6) is -0.395. The number of carboxylic acids is 1. The molecule has 5 heteroatoms. The third-order valence-electron chi connectivity index (χ3n) is 2.80. The molecular weight excluding hydrogens is 242 g/mol. The van der Waals surface area contributed by atoms with Crippen LogP contribution in [0.5, 0.6) is 0 Å². The third-order valence-corrected chi connectivity index (χ3v) is 2.80. The molecule has 0 aliphatic heterocycles. The molecule has 98 valence electrons. The third kappa shape index (κ3) is 2.82. The second kappa shape index (κ2) is 5.39. The van der Waals surface area contributed by atoms with Gasteiger partial charge < -0.3 is 15.7 Å². The smallest absolute Gasteiger partial charge is 0.337 e. The van der Waals surface area contributed by atoms with E-state index in [0.717, 1.165) is 11.3 Å². The lowest BCUT2D eigenvalue weighted by Gasteiger charge is -2.13. The zero-order valence-electron chi connectivity index (χ0n) is 10.8. The van der Waals surface area contributed by atoms with Crippen molar-refractivity contribution in [3.8, 4) is 0 Å². The van der Waals surface area contributed by atoms with Gasteiger partial charge in [-0.1, -0.05) is 18.2 Å². The first-order valence-corrected chi connectivity index (χ1v) is 5.85. The maximum atomic E-state index is 10.9. The Hall–Kier alpha value is -2.56. The van der Waals surface area contributed by atoms with Gasteiger partial charge in [-0.2, -0.15) is 0 Å². The number of carboxylic acid groups (broad SMARTS) is 1. The predicted octanol–water partition coefficient (Wildman–Crippen LogP) is 2.87. The number of para-hydroxylation sites is 1. The molecule has 0 saturated heterocycles. The number of pyridine rings is 1. The number of hydrogen-bond donors (Lipinski definition) is 3. The first-order chi connectivity index (χ1) is 9.11. The van der Waals surface area contributed by atoms with E-state index in [9.17, 15) is 4.79 Å². The highest BCUT2D eigenvalue weighted by Crippen LogP contribution is 2.25. The summed E-state index contributed by atoms with van der Waals surface area (Å²) in [5.41, 5.74) is 2.83. The Kier molecular flexibility index (Phi) is 3.66. The summed E-state index contributed by atoms with van der Waals surface area (Å²) >= 11 is 0. The summed E-state index contributed by atoms with van der Waals surface area (Å²) in [6.07, 6.45) is 1.34. The minimum absolute atomic E-state index is 0.152. The highest BCUT2D eigenvalue weighted by atomic mass is 16.4. The molecule has 0 aliphatic carbocycles. The van der Waals surface area contributed by atoms with Crippen LogP contribution in [0, 0.1) is 6.92 Å². The van der Waals surface area contributed by atoms with E-state index >= 15 is 0 Å². The van der Waals surface area contributed by atoms with E-state index in [-0.39, 0.29) is 5.56 Å². The van der Waals surface area contributed by atoms with Crippen LogP contribution in [0.4, 0.5) is 17.2 Å². The number of carbonyl (C=O) groups is 1. The molecule has 0 fully saturated rings. The average molecular weight is 257 g/mol. The van der Waals surface area contributed by atoms with Crippen molar-refractivity contribution >= 4 is 23.2 Å². The molecule has 0 bridgehead atoms. The molecule has 19 heavy (non-hydrogen) atoms. The van der Waals surface area contributed by atoms with Gasteiger partial charge >= 0.3 is 5.97 Å². The number of anilines is 3. The maximum Gasteiger partial charge on any atom is 0.337 e. The molecule has 2 rings (SSSR count). The van der Waals surface area contributed by atoms with Crippen LogP contribution < -0.4 is 10.6 Å². The Labute approximate surface area is 111 Å². The van der Waals surface area contributed by atoms with Crippen molar-refractivity contribution in [1.29, 1.82) is 0 Å². The van der Waals surface area contributed by atoms with E-state index in [0.29, 0.717) is 11.5 Å². The molecule has 0 aliphatic rings. The minimum atomic E-state index is -0.994. The number of aromatic carboxylic acids is 1. The van der Waals surface area contributed by atoms with Crippen molar-refractivity contribution in [2.75, 3.05) is 17.7 Å². The molecule has 0 spiro atoms. The van der Waals surface area contributed by atoms with E-state index in [1.54, 1.807) is 13.1 Å². The second-order valence-corrected chi connectivity index (χ2v) is 4.12. The van der Waals surface area contributed by atoms with Crippen LogP contribution in [-0.2, 0) is 0 Å². The second-order valence-electron chi connectivity index (χ2n) is 4.12. The first kappa shape index (κ1) is 12.9. The summed E-state index contributed by atoms with van der Waals surface area (Å²) < 4.78 is 0. The Morgan fingerprint density at radius 1 is 1.26 bits per heavy atom. The summed E-state index contributed by atoms with van der Waals surface area (Å²) in [5, 5.41) is 15.1. The summed E-state index contributed by atoms with van der Waals surface area (Å²) in [6.45, 7) is 1.99. The van der Waals surface area contributed by atoms with Gasteiger partial charge in [-0.05, 0) is 24.6 Å². The summed E-state index contributed by atoms with van der Waals surface area (Å²) in [6, 6.07) is 9.38. The number of rotatable bonds is 4. The molecule has 0 amide bonds. The largest absolute Gasteiger partial charge is 0.478 e. The first-order valence-electron chi connectivity index (χ1n) is 5.85. The van der Waals surface area contributed by atoms with Crippen molar-refractivity contribution in [2.45, 2.75) is 6.92 Å². The summed E-state index contributed by atoms with van der Waals surface area (Å²) in [7, 11) is 1.73. The molecule has 0 radical (unpaired) electrons. The van der Waals surface area contributed by atoms with Crippen LogP contribution in [0.1, 0.15) is 15.9 Å². The molecule has 0 unspecified atom stereocenters. The normalized spacial score (nSPS) is 10.0. The van der Waals surface area contributed by atoms with Gasteiger partial charge in [0.1, 0.15) is 0 Å². The van der Waals surface area contributed by atoms with E-state index < -0.39 is 5.97 Å². The predicted molar refractivity (Wildman–Crippen MR) is 75.2 cm³/mol. The van der Waals surface area contributed by atoms with Gasteiger partial charge in [-0.3, -0.25) is 0 Å². The number of aromatic nitrogens is 1. The van der Waals surface area contributed by atoms with Gasteiger partial charge in [-0.25, -0.2) is 9.78 Å². The fraction of sp³-hybridized carbons (Fsp3) is 0.143. The molecule has 0 atom stereocenters. The van der Waals surface area contributed by atoms with Crippen LogP contribution in [0.3, 0.4) is 0 Å². The number of nitrogens with zero attached hydrogens (tertiary/aromatic N) is 1. The molecule has 0 saturated carbocycles. The SMILES string of the molecule is CNc1cc(C(=O)O)cnc1Nc1ccccc1C. The van der Waals surface area contributed by atoms with Crippen molar-refractivity contribution in [1.82, 2.24) is 4.98 Å². The summed E-state index contributed by atoms with van der Waals surface area (Å²) in [4.78, 5) is 15.1. The van der Waals surface area contributed by atoms with E-state index in [1.807, 2.05) is 31.2 Å². The molecule has 2 aromatic rings. The minimum Gasteiger partial charge on any atom is -0.478 e. The molecular formula is C14H15N3O2. The molecule has 1 aromatic heterocycles. The lowest BCUT2D eigenvalue weighted by molar-refractivity contribution is 0.0696. The fourth-order valence-corrected chi connectivity index (χ4v) is 1.71. The quantitative estimate of drug-likeness (QED) is 0.785. The van der Waals surface area contributed by atoms with Gasteiger partial charge in [-0.15, -0.1) is 0 Å². The lowest BCUT2D eigenvalue weighted by Crippen LogP contribution is -2.04.